The predicted octanol–water partition coefficient (Wildman–Crippen LogP) is 4.58. The number of rotatable bonds is 1. The average molecular weight is 351 g/mol. The molecule has 3 nitrogen and oxygen atoms in total. The van der Waals surface area contributed by atoms with Gasteiger partial charge in [-0.05, 0) is 32.0 Å². The third kappa shape index (κ3) is 2.55. The molecule has 1 aliphatic rings. The third-order valence-corrected chi connectivity index (χ3v) is 5.17. The first-order chi connectivity index (χ1) is 12.5. The predicted molar refractivity (Wildman–Crippen MR) is 101 cm³/mol. The molecule has 3 aromatic rings. The fraction of sp³-hybridized carbons (Fsp3) is 0.238. The molecule has 5 heteroatoms. The molecule has 1 aromatic heterocycles. The molecule has 0 amide bonds. The van der Waals surface area contributed by atoms with E-state index in [1.54, 1.807) is 18.3 Å². The van der Waals surface area contributed by atoms with Gasteiger partial charge in [-0.25, -0.2) is 8.78 Å². The van der Waals surface area contributed by atoms with E-state index in [4.69, 9.17) is 4.99 Å². The summed E-state index contributed by atoms with van der Waals surface area (Å²) >= 11 is 0. The van der Waals surface area contributed by atoms with Crippen molar-refractivity contribution in [1.82, 2.24) is 4.98 Å². The number of halogens is 2. The fourth-order valence-corrected chi connectivity index (χ4v) is 3.46. The Morgan fingerprint density at radius 3 is 2.54 bits per heavy atom. The van der Waals surface area contributed by atoms with Gasteiger partial charge in [-0.1, -0.05) is 24.3 Å². The number of hydrogen-bond donors (Lipinski definition) is 0. The molecule has 0 fully saturated rings. The molecule has 1 unspecified atom stereocenters. The number of aromatic nitrogens is 1. The van der Waals surface area contributed by atoms with E-state index in [1.807, 2.05) is 44.0 Å². The smallest absolute Gasteiger partial charge is 0.149 e. The van der Waals surface area contributed by atoms with Gasteiger partial charge in [0.2, 0.25) is 0 Å². The van der Waals surface area contributed by atoms with Gasteiger partial charge < -0.3 is 4.90 Å². The van der Waals surface area contributed by atoms with Crippen LogP contribution >= 0.6 is 0 Å². The maximum Gasteiger partial charge on any atom is 0.149 e. The number of fused-ring (bicyclic) bond motifs is 2. The van der Waals surface area contributed by atoms with Crippen molar-refractivity contribution in [3.8, 4) is 0 Å². The zero-order valence-corrected chi connectivity index (χ0v) is 14.9. The van der Waals surface area contributed by atoms with Crippen molar-refractivity contribution in [2.75, 3.05) is 11.9 Å². The molecule has 132 valence electrons. The summed E-state index contributed by atoms with van der Waals surface area (Å²) in [7, 11) is 1.88. The van der Waals surface area contributed by atoms with Crippen LogP contribution in [-0.2, 0) is 0 Å². The zero-order chi connectivity index (χ0) is 18.4. The van der Waals surface area contributed by atoms with Crippen LogP contribution in [0.25, 0.3) is 10.9 Å². The molecule has 2 aromatic carbocycles. The lowest BCUT2D eigenvalue weighted by molar-refractivity contribution is 0.561. The molecule has 0 saturated heterocycles. The monoisotopic (exact) mass is 351 g/mol. The highest BCUT2D eigenvalue weighted by Gasteiger charge is 2.28. The Labute approximate surface area is 151 Å². The summed E-state index contributed by atoms with van der Waals surface area (Å²) in [4.78, 5) is 11.1. The molecule has 1 aliphatic heterocycles. The summed E-state index contributed by atoms with van der Waals surface area (Å²) in [6.45, 7) is 4.04. The Kier molecular flexibility index (Phi) is 3.94. The molecule has 0 radical (unpaired) electrons. The van der Waals surface area contributed by atoms with E-state index in [9.17, 15) is 8.78 Å². The maximum atomic E-state index is 14.6. The van der Waals surface area contributed by atoms with E-state index in [0.29, 0.717) is 22.3 Å². The summed E-state index contributed by atoms with van der Waals surface area (Å²) < 4.78 is 28.6. The Balaban J connectivity index is 1.97. The van der Waals surface area contributed by atoms with Crippen molar-refractivity contribution >= 4 is 22.3 Å². The van der Waals surface area contributed by atoms with Gasteiger partial charge in [0, 0.05) is 35.8 Å². The van der Waals surface area contributed by atoms with Crippen LogP contribution in [0.5, 0.6) is 0 Å². The molecule has 2 atom stereocenters. The van der Waals surface area contributed by atoms with Crippen LogP contribution in [0.3, 0.4) is 0 Å². The highest BCUT2D eigenvalue weighted by atomic mass is 19.1. The number of likely N-dealkylation sites (N-methyl/N-ethyl adjacent to an activating group) is 1. The summed E-state index contributed by atoms with van der Waals surface area (Å²) in [6.07, 6.45) is 1.61. The van der Waals surface area contributed by atoms with E-state index < -0.39 is 0 Å². The number of benzodiazepines with no additional fused rings is 1. The maximum absolute atomic E-state index is 14.6. The molecule has 26 heavy (non-hydrogen) atoms. The number of aliphatic imine (C=N–C) groups is 1. The molecule has 4 rings (SSSR count). The van der Waals surface area contributed by atoms with Crippen LogP contribution in [0.15, 0.2) is 53.7 Å². The topological polar surface area (TPSA) is 28.5 Å². The quantitative estimate of drug-likeness (QED) is 0.642. The van der Waals surface area contributed by atoms with E-state index in [1.165, 1.54) is 12.1 Å². The molecule has 0 bridgehead atoms. The van der Waals surface area contributed by atoms with Crippen molar-refractivity contribution in [3.63, 3.8) is 0 Å². The normalized spacial score (nSPS) is 19.9. The number of benzene rings is 2. The average Bonchev–Trinajstić information content (AvgIpc) is 2.73. The van der Waals surface area contributed by atoms with Gasteiger partial charge in [0.15, 0.2) is 0 Å². The van der Waals surface area contributed by atoms with E-state index in [-0.39, 0.29) is 23.7 Å². The summed E-state index contributed by atoms with van der Waals surface area (Å²) in [5.41, 5.74) is 3.01. The number of nitrogens with zero attached hydrogens (tertiary/aromatic N) is 3. The van der Waals surface area contributed by atoms with Crippen molar-refractivity contribution in [1.29, 1.82) is 0 Å². The van der Waals surface area contributed by atoms with Crippen LogP contribution in [-0.4, -0.2) is 29.8 Å². The molecular formula is C21H19F2N3. The van der Waals surface area contributed by atoms with Crippen LogP contribution in [0.1, 0.15) is 25.0 Å². The van der Waals surface area contributed by atoms with Gasteiger partial charge in [0.05, 0.1) is 17.4 Å². The molecule has 0 spiro atoms. The van der Waals surface area contributed by atoms with Crippen LogP contribution < -0.4 is 4.90 Å². The molecule has 2 heterocycles. The largest absolute Gasteiger partial charge is 0.367 e. The first kappa shape index (κ1) is 16.6. The van der Waals surface area contributed by atoms with Crippen molar-refractivity contribution in [2.45, 2.75) is 25.9 Å². The van der Waals surface area contributed by atoms with Gasteiger partial charge in [0.25, 0.3) is 0 Å². The van der Waals surface area contributed by atoms with Gasteiger partial charge in [-0.15, -0.1) is 0 Å². The Hall–Kier alpha value is -2.82. The van der Waals surface area contributed by atoms with Crippen molar-refractivity contribution in [2.24, 2.45) is 4.99 Å². The first-order valence-electron chi connectivity index (χ1n) is 8.61. The number of hydrogen-bond acceptors (Lipinski definition) is 3. The van der Waals surface area contributed by atoms with Gasteiger partial charge in [-0.2, -0.15) is 0 Å². The highest BCUT2D eigenvalue weighted by Crippen LogP contribution is 2.32. The second kappa shape index (κ2) is 6.16. The van der Waals surface area contributed by atoms with Gasteiger partial charge in [-0.3, -0.25) is 9.98 Å². The van der Waals surface area contributed by atoms with Crippen LogP contribution in [0, 0.1) is 11.6 Å². The van der Waals surface area contributed by atoms with Crippen molar-refractivity contribution in [3.05, 3.63) is 71.4 Å². The van der Waals surface area contributed by atoms with Crippen LogP contribution in [0.4, 0.5) is 14.5 Å². The van der Waals surface area contributed by atoms with E-state index in [0.717, 1.165) is 11.1 Å². The number of anilines is 1. The minimum absolute atomic E-state index is 0.0361. The standard InChI is InChI=1S/C21H19F2N3/c1-12-13(2)26(3)21-16(7-5-9-18(21)23)19(25-12)15-10-14-6-4-8-17(22)20(14)24-11-15/h4-13H,1-3H3/t12?,13-/m0/s1. The fourth-order valence-electron chi connectivity index (χ4n) is 3.46. The molecule has 0 N–H and O–H groups in total. The second-order valence-corrected chi connectivity index (χ2v) is 6.74. The van der Waals surface area contributed by atoms with Gasteiger partial charge in [0.1, 0.15) is 17.2 Å². The third-order valence-electron chi connectivity index (χ3n) is 5.17. The molecule has 0 aliphatic carbocycles. The second-order valence-electron chi connectivity index (χ2n) is 6.74. The Morgan fingerprint density at radius 2 is 1.73 bits per heavy atom. The van der Waals surface area contributed by atoms with Crippen LogP contribution in [0.2, 0.25) is 0 Å². The minimum atomic E-state index is -0.356. The molecular weight excluding hydrogens is 332 g/mol. The summed E-state index contributed by atoms with van der Waals surface area (Å²) in [5, 5.41) is 0.696. The van der Waals surface area contributed by atoms with E-state index in [2.05, 4.69) is 4.98 Å². The van der Waals surface area contributed by atoms with E-state index >= 15 is 0 Å². The summed E-state index contributed by atoms with van der Waals surface area (Å²) in [5.74, 6) is -0.636. The molecule has 0 saturated carbocycles. The minimum Gasteiger partial charge on any atom is -0.367 e. The number of para-hydroxylation sites is 2. The van der Waals surface area contributed by atoms with Crippen molar-refractivity contribution < 1.29 is 8.78 Å². The Morgan fingerprint density at radius 1 is 1.00 bits per heavy atom. The first-order valence-corrected chi connectivity index (χ1v) is 8.61. The highest BCUT2D eigenvalue weighted by molar-refractivity contribution is 6.17. The lowest BCUT2D eigenvalue weighted by atomic mass is 10.00. The lowest BCUT2D eigenvalue weighted by Gasteiger charge is -2.28. The Bertz CT molecular complexity index is 1030. The lowest BCUT2D eigenvalue weighted by Crippen LogP contribution is -2.36. The SMILES string of the molecule is CC1N=C(c2cnc3c(F)cccc3c2)c2cccc(F)c2N(C)[C@H]1C. The number of pyridine rings is 1. The zero-order valence-electron chi connectivity index (χ0n) is 14.9. The van der Waals surface area contributed by atoms with Gasteiger partial charge >= 0.3 is 0 Å². The summed E-state index contributed by atoms with van der Waals surface area (Å²) in [6, 6.07) is 11.7.